The normalized spacial score (nSPS) is 39.8. The largest absolute Gasteiger partial charge is 0.478 e. The van der Waals surface area contributed by atoms with Crippen LogP contribution in [0.2, 0.25) is 0 Å². The van der Waals surface area contributed by atoms with Crippen molar-refractivity contribution in [1.82, 2.24) is 0 Å². The number of carbonyl (C=O) groups is 2. The smallest absolute Gasteiger partial charge is 0.331 e. The summed E-state index contributed by atoms with van der Waals surface area (Å²) >= 11 is 0. The first-order valence-corrected chi connectivity index (χ1v) is 11.6. The van der Waals surface area contributed by atoms with Crippen LogP contribution >= 0.6 is 0 Å². The Labute approximate surface area is 179 Å². The number of benzene rings is 1. The summed E-state index contributed by atoms with van der Waals surface area (Å²) in [5.74, 6) is 1.51. The molecule has 1 unspecified atom stereocenters. The fraction of sp³-hybridized carbons (Fsp3) is 0.556. The third-order valence-electron chi connectivity index (χ3n) is 9.42. The van der Waals surface area contributed by atoms with Gasteiger partial charge in [0.25, 0.3) is 0 Å². The number of carbonyl (C=O) groups excluding carboxylic acids is 1. The molecule has 3 nitrogen and oxygen atoms in total. The lowest BCUT2D eigenvalue weighted by Gasteiger charge is -2.57. The maximum Gasteiger partial charge on any atom is 0.331 e. The van der Waals surface area contributed by atoms with Gasteiger partial charge in [0.15, 0.2) is 5.78 Å². The maximum absolute atomic E-state index is 13.4. The van der Waals surface area contributed by atoms with Crippen molar-refractivity contribution < 1.29 is 14.7 Å². The van der Waals surface area contributed by atoms with Crippen LogP contribution in [0.3, 0.4) is 0 Å². The Kier molecular flexibility index (Phi) is 4.57. The predicted octanol–water partition coefficient (Wildman–Crippen LogP) is 6.07. The summed E-state index contributed by atoms with van der Waals surface area (Å²) in [5, 5.41) is 9.45. The standard InChI is InChI=1S/C27H32O3/c1-26-14-12-18(25(29)30)16-19(26)8-9-20-21-10-11-23(27(21,2)15-13-22(20)26)24(28)17-6-4-3-5-7-17/h3-8,16,20-23H,9-15H2,1-2H3,(H,29,30)/t20-,21-,22+,23?,26-,27-/m0/s1. The van der Waals surface area contributed by atoms with Crippen molar-refractivity contribution in [3.8, 4) is 0 Å². The monoisotopic (exact) mass is 404 g/mol. The molecule has 3 heteroatoms. The van der Waals surface area contributed by atoms with Crippen LogP contribution in [0.25, 0.3) is 0 Å². The molecule has 30 heavy (non-hydrogen) atoms. The van der Waals surface area contributed by atoms with E-state index in [2.05, 4.69) is 19.9 Å². The molecule has 6 atom stereocenters. The highest BCUT2D eigenvalue weighted by Gasteiger charge is 2.59. The van der Waals surface area contributed by atoms with E-state index in [1.54, 1.807) is 0 Å². The number of carboxylic acids is 1. The number of Topliss-reactive ketones (excluding diaryl/α,β-unsaturated/α-hetero) is 1. The molecule has 158 valence electrons. The van der Waals surface area contributed by atoms with Gasteiger partial charge >= 0.3 is 5.97 Å². The minimum Gasteiger partial charge on any atom is -0.478 e. The van der Waals surface area contributed by atoms with Crippen LogP contribution in [-0.4, -0.2) is 16.9 Å². The maximum atomic E-state index is 13.4. The van der Waals surface area contributed by atoms with Gasteiger partial charge < -0.3 is 5.11 Å². The van der Waals surface area contributed by atoms with E-state index in [-0.39, 0.29) is 16.7 Å². The lowest BCUT2D eigenvalue weighted by molar-refractivity contribution is -0.133. The Morgan fingerprint density at radius 1 is 1.00 bits per heavy atom. The van der Waals surface area contributed by atoms with Gasteiger partial charge in [0, 0.05) is 17.1 Å². The number of allylic oxidation sites excluding steroid dienone is 3. The Morgan fingerprint density at radius 3 is 2.50 bits per heavy atom. The van der Waals surface area contributed by atoms with Crippen molar-refractivity contribution in [3.05, 3.63) is 59.2 Å². The van der Waals surface area contributed by atoms with E-state index in [4.69, 9.17) is 0 Å². The molecule has 2 saturated carbocycles. The van der Waals surface area contributed by atoms with E-state index in [9.17, 15) is 14.7 Å². The molecule has 0 saturated heterocycles. The zero-order valence-electron chi connectivity index (χ0n) is 18.1. The van der Waals surface area contributed by atoms with E-state index < -0.39 is 5.97 Å². The van der Waals surface area contributed by atoms with Crippen LogP contribution in [0.5, 0.6) is 0 Å². The fourth-order valence-electron chi connectivity index (χ4n) is 7.73. The molecule has 0 radical (unpaired) electrons. The number of fused-ring (bicyclic) bond motifs is 5. The molecule has 0 amide bonds. The zero-order valence-corrected chi connectivity index (χ0v) is 18.1. The van der Waals surface area contributed by atoms with Crippen LogP contribution in [0.1, 0.15) is 69.2 Å². The Balaban J connectivity index is 1.44. The third-order valence-corrected chi connectivity index (χ3v) is 9.42. The van der Waals surface area contributed by atoms with E-state index >= 15 is 0 Å². The number of rotatable bonds is 3. The Bertz CT molecular complexity index is 942. The second-order valence-electron chi connectivity index (χ2n) is 10.6. The van der Waals surface area contributed by atoms with Crippen molar-refractivity contribution in [2.45, 2.75) is 58.8 Å². The van der Waals surface area contributed by atoms with Crippen molar-refractivity contribution in [3.63, 3.8) is 0 Å². The number of carboxylic acid groups (broad SMARTS) is 1. The summed E-state index contributed by atoms with van der Waals surface area (Å²) in [7, 11) is 0. The average molecular weight is 405 g/mol. The molecule has 0 spiro atoms. The van der Waals surface area contributed by atoms with Crippen molar-refractivity contribution >= 4 is 11.8 Å². The quantitative estimate of drug-likeness (QED) is 0.622. The van der Waals surface area contributed by atoms with Crippen LogP contribution in [0, 0.1) is 34.5 Å². The van der Waals surface area contributed by atoms with E-state index in [1.807, 2.05) is 36.4 Å². The number of aliphatic carboxylic acids is 1. The summed E-state index contributed by atoms with van der Waals surface area (Å²) in [4.78, 5) is 24.9. The number of ketones is 1. The van der Waals surface area contributed by atoms with Crippen LogP contribution in [0.15, 0.2) is 53.6 Å². The molecule has 4 aliphatic carbocycles. The second-order valence-corrected chi connectivity index (χ2v) is 10.6. The minimum atomic E-state index is -0.769. The molecular weight excluding hydrogens is 372 g/mol. The van der Waals surface area contributed by atoms with Gasteiger partial charge in [-0.25, -0.2) is 4.79 Å². The highest BCUT2D eigenvalue weighted by atomic mass is 16.4. The molecule has 1 aromatic rings. The van der Waals surface area contributed by atoms with Crippen LogP contribution < -0.4 is 0 Å². The summed E-state index contributed by atoms with van der Waals surface area (Å²) in [5.41, 5.74) is 2.86. The highest BCUT2D eigenvalue weighted by Crippen LogP contribution is 2.66. The molecule has 5 rings (SSSR count). The summed E-state index contributed by atoms with van der Waals surface area (Å²) < 4.78 is 0. The molecule has 0 aliphatic heterocycles. The van der Waals surface area contributed by atoms with Gasteiger partial charge in [-0.05, 0) is 85.2 Å². The fourth-order valence-corrected chi connectivity index (χ4v) is 7.73. The molecule has 0 heterocycles. The summed E-state index contributed by atoms with van der Waals surface area (Å²) in [6.45, 7) is 4.76. The minimum absolute atomic E-state index is 0.0880. The summed E-state index contributed by atoms with van der Waals surface area (Å²) in [6.07, 6.45) is 11.4. The highest BCUT2D eigenvalue weighted by molar-refractivity contribution is 5.98. The molecule has 4 aliphatic rings. The van der Waals surface area contributed by atoms with Gasteiger partial charge in [-0.15, -0.1) is 0 Å². The SMILES string of the molecule is C[C@]12CCC(C(=O)O)=CC1=CC[C@@H]1[C@H]2CC[C@]2(C)C(C(=O)c3ccccc3)CC[C@@H]12. The topological polar surface area (TPSA) is 54.4 Å². The molecule has 0 bridgehead atoms. The van der Waals surface area contributed by atoms with E-state index in [0.717, 1.165) is 44.1 Å². The van der Waals surface area contributed by atoms with Gasteiger partial charge in [0.2, 0.25) is 0 Å². The second kappa shape index (κ2) is 6.93. The zero-order chi connectivity index (χ0) is 21.1. The average Bonchev–Trinajstić information content (AvgIpc) is 3.10. The lowest BCUT2D eigenvalue weighted by atomic mass is 9.47. The van der Waals surface area contributed by atoms with Gasteiger partial charge in [-0.1, -0.05) is 50.3 Å². The van der Waals surface area contributed by atoms with E-state index in [0.29, 0.717) is 35.5 Å². The lowest BCUT2D eigenvalue weighted by Crippen LogP contribution is -2.50. The summed E-state index contributed by atoms with van der Waals surface area (Å²) in [6, 6.07) is 9.85. The molecule has 0 aromatic heterocycles. The first-order chi connectivity index (χ1) is 14.3. The van der Waals surface area contributed by atoms with Crippen molar-refractivity contribution in [2.24, 2.45) is 34.5 Å². The number of hydrogen-bond donors (Lipinski definition) is 1. The first kappa shape index (κ1) is 19.8. The molecule has 2 fully saturated rings. The molecular formula is C27H32O3. The van der Waals surface area contributed by atoms with E-state index in [1.165, 1.54) is 5.57 Å². The molecule has 1 aromatic carbocycles. The Hall–Kier alpha value is -2.16. The van der Waals surface area contributed by atoms with Gasteiger partial charge in [-0.3, -0.25) is 4.79 Å². The predicted molar refractivity (Wildman–Crippen MR) is 117 cm³/mol. The Morgan fingerprint density at radius 2 is 1.77 bits per heavy atom. The van der Waals surface area contributed by atoms with Gasteiger partial charge in [-0.2, -0.15) is 0 Å². The van der Waals surface area contributed by atoms with Gasteiger partial charge in [0.1, 0.15) is 0 Å². The third kappa shape index (κ3) is 2.77. The van der Waals surface area contributed by atoms with Gasteiger partial charge in [0.05, 0.1) is 0 Å². The van der Waals surface area contributed by atoms with Crippen molar-refractivity contribution in [1.29, 1.82) is 0 Å². The van der Waals surface area contributed by atoms with Crippen LogP contribution in [-0.2, 0) is 4.79 Å². The molecule has 1 N–H and O–H groups in total. The van der Waals surface area contributed by atoms with Crippen LogP contribution in [0.4, 0.5) is 0 Å². The first-order valence-electron chi connectivity index (χ1n) is 11.6. The van der Waals surface area contributed by atoms with Crippen molar-refractivity contribution in [2.75, 3.05) is 0 Å². The number of hydrogen-bond acceptors (Lipinski definition) is 2.